The highest BCUT2D eigenvalue weighted by Gasteiger charge is 2.11. The summed E-state index contributed by atoms with van der Waals surface area (Å²) in [6, 6.07) is 10.9. The number of aryl methyl sites for hydroxylation is 1. The molecule has 0 aliphatic carbocycles. The highest BCUT2D eigenvalue weighted by Crippen LogP contribution is 2.16. The SMILES string of the molecule is COc1cccc(CNC(=O)COC(=O)c2ccc(C)s2)c1. The van der Waals surface area contributed by atoms with Crippen molar-refractivity contribution in [2.24, 2.45) is 0 Å². The van der Waals surface area contributed by atoms with E-state index < -0.39 is 5.97 Å². The Balaban J connectivity index is 1.77. The maximum Gasteiger partial charge on any atom is 0.348 e. The second-order valence-electron chi connectivity index (χ2n) is 4.61. The van der Waals surface area contributed by atoms with Crippen molar-refractivity contribution in [1.82, 2.24) is 5.32 Å². The lowest BCUT2D eigenvalue weighted by atomic mass is 10.2. The van der Waals surface area contributed by atoms with Gasteiger partial charge in [-0.25, -0.2) is 4.79 Å². The van der Waals surface area contributed by atoms with Gasteiger partial charge in [0.15, 0.2) is 6.61 Å². The van der Waals surface area contributed by atoms with Crippen molar-refractivity contribution >= 4 is 23.2 Å². The van der Waals surface area contributed by atoms with Crippen LogP contribution in [0.1, 0.15) is 20.1 Å². The number of methoxy groups -OCH3 is 1. The molecule has 1 amide bonds. The third-order valence-corrected chi connectivity index (χ3v) is 3.88. The zero-order valence-corrected chi connectivity index (χ0v) is 13.2. The molecule has 1 aromatic heterocycles. The molecule has 5 nitrogen and oxygen atoms in total. The molecule has 6 heteroatoms. The summed E-state index contributed by atoms with van der Waals surface area (Å²) >= 11 is 1.34. The van der Waals surface area contributed by atoms with Crippen LogP contribution in [0.2, 0.25) is 0 Å². The van der Waals surface area contributed by atoms with Crippen LogP contribution < -0.4 is 10.1 Å². The Hall–Kier alpha value is -2.34. The first-order valence-corrected chi connectivity index (χ1v) is 7.53. The Kier molecular flexibility index (Phi) is 5.55. The molecule has 0 saturated carbocycles. The number of esters is 1. The summed E-state index contributed by atoms with van der Waals surface area (Å²) < 4.78 is 10.1. The van der Waals surface area contributed by atoms with E-state index in [-0.39, 0.29) is 12.5 Å². The van der Waals surface area contributed by atoms with Gasteiger partial charge in [-0.3, -0.25) is 4.79 Å². The Bertz CT molecular complexity index is 666. The van der Waals surface area contributed by atoms with Crippen LogP contribution in [0.4, 0.5) is 0 Å². The van der Waals surface area contributed by atoms with Crippen LogP contribution in [-0.4, -0.2) is 25.6 Å². The fraction of sp³-hybridized carbons (Fsp3) is 0.250. The zero-order chi connectivity index (χ0) is 15.9. The minimum Gasteiger partial charge on any atom is -0.497 e. The van der Waals surface area contributed by atoms with E-state index in [0.29, 0.717) is 11.4 Å². The van der Waals surface area contributed by atoms with Crippen LogP contribution in [0, 0.1) is 6.92 Å². The van der Waals surface area contributed by atoms with Gasteiger partial charge in [-0.2, -0.15) is 0 Å². The molecule has 0 bridgehead atoms. The van der Waals surface area contributed by atoms with Crippen LogP contribution >= 0.6 is 11.3 Å². The largest absolute Gasteiger partial charge is 0.497 e. The molecule has 1 heterocycles. The summed E-state index contributed by atoms with van der Waals surface area (Å²) in [5, 5.41) is 2.69. The summed E-state index contributed by atoms with van der Waals surface area (Å²) in [5.41, 5.74) is 0.910. The Morgan fingerprint density at radius 3 is 2.73 bits per heavy atom. The molecule has 0 aliphatic heterocycles. The van der Waals surface area contributed by atoms with E-state index in [1.54, 1.807) is 13.2 Å². The predicted octanol–water partition coefficient (Wildman–Crippen LogP) is 2.54. The first-order chi connectivity index (χ1) is 10.6. The highest BCUT2D eigenvalue weighted by molar-refractivity contribution is 7.13. The summed E-state index contributed by atoms with van der Waals surface area (Å²) in [5.74, 6) is -0.0923. The molecule has 0 saturated heterocycles. The van der Waals surface area contributed by atoms with E-state index in [9.17, 15) is 9.59 Å². The predicted molar refractivity (Wildman–Crippen MR) is 84.2 cm³/mol. The van der Waals surface area contributed by atoms with Gasteiger partial charge in [0.1, 0.15) is 10.6 Å². The van der Waals surface area contributed by atoms with Crippen molar-refractivity contribution in [3.8, 4) is 5.75 Å². The molecule has 0 radical (unpaired) electrons. The van der Waals surface area contributed by atoms with Gasteiger partial charge in [0, 0.05) is 11.4 Å². The number of carbonyl (C=O) groups is 2. The highest BCUT2D eigenvalue weighted by atomic mass is 32.1. The summed E-state index contributed by atoms with van der Waals surface area (Å²) in [6.07, 6.45) is 0. The van der Waals surface area contributed by atoms with Crippen LogP contribution in [0.3, 0.4) is 0 Å². The number of hydrogen-bond acceptors (Lipinski definition) is 5. The number of ether oxygens (including phenoxy) is 2. The number of rotatable bonds is 6. The number of carbonyl (C=O) groups excluding carboxylic acids is 2. The molecule has 2 aromatic rings. The quantitative estimate of drug-likeness (QED) is 0.831. The second-order valence-corrected chi connectivity index (χ2v) is 5.90. The third kappa shape index (κ3) is 4.60. The van der Waals surface area contributed by atoms with Gasteiger partial charge in [-0.15, -0.1) is 11.3 Å². The molecule has 1 aromatic carbocycles. The fourth-order valence-electron chi connectivity index (χ4n) is 1.78. The van der Waals surface area contributed by atoms with Crippen molar-refractivity contribution in [2.45, 2.75) is 13.5 Å². The van der Waals surface area contributed by atoms with Gasteiger partial charge in [0.2, 0.25) is 0 Å². The summed E-state index contributed by atoms with van der Waals surface area (Å²) in [4.78, 5) is 24.9. The number of nitrogens with one attached hydrogen (secondary N) is 1. The average molecular weight is 319 g/mol. The molecular weight excluding hydrogens is 302 g/mol. The Morgan fingerprint density at radius 1 is 1.23 bits per heavy atom. The third-order valence-electron chi connectivity index (χ3n) is 2.90. The molecule has 0 unspecified atom stereocenters. The number of benzene rings is 1. The van der Waals surface area contributed by atoms with Gasteiger partial charge < -0.3 is 14.8 Å². The van der Waals surface area contributed by atoms with Gasteiger partial charge >= 0.3 is 5.97 Å². The van der Waals surface area contributed by atoms with E-state index in [1.807, 2.05) is 37.3 Å². The number of hydrogen-bond donors (Lipinski definition) is 1. The summed E-state index contributed by atoms with van der Waals surface area (Å²) in [6.45, 7) is 1.97. The lowest BCUT2D eigenvalue weighted by Crippen LogP contribution is -2.28. The molecule has 2 rings (SSSR count). The molecule has 0 spiro atoms. The van der Waals surface area contributed by atoms with Crippen LogP contribution in [0.5, 0.6) is 5.75 Å². The van der Waals surface area contributed by atoms with Crippen molar-refractivity contribution in [1.29, 1.82) is 0 Å². The lowest BCUT2D eigenvalue weighted by Gasteiger charge is -2.07. The van der Waals surface area contributed by atoms with Crippen LogP contribution in [0.15, 0.2) is 36.4 Å². The topological polar surface area (TPSA) is 64.6 Å². The van der Waals surface area contributed by atoms with Gasteiger partial charge in [0.05, 0.1) is 7.11 Å². The maximum atomic E-state index is 11.7. The lowest BCUT2D eigenvalue weighted by molar-refractivity contribution is -0.124. The van der Waals surface area contributed by atoms with Crippen LogP contribution in [-0.2, 0) is 16.1 Å². The van der Waals surface area contributed by atoms with Crippen LogP contribution in [0.25, 0.3) is 0 Å². The average Bonchev–Trinajstić information content (AvgIpc) is 2.97. The minimum atomic E-state index is -0.477. The maximum absolute atomic E-state index is 11.7. The number of amides is 1. The van der Waals surface area contributed by atoms with Gasteiger partial charge in [0.25, 0.3) is 5.91 Å². The van der Waals surface area contributed by atoms with Crippen molar-refractivity contribution in [2.75, 3.05) is 13.7 Å². The molecule has 0 fully saturated rings. The normalized spacial score (nSPS) is 10.1. The second kappa shape index (κ2) is 7.61. The van der Waals surface area contributed by atoms with E-state index >= 15 is 0 Å². The zero-order valence-electron chi connectivity index (χ0n) is 12.4. The first-order valence-electron chi connectivity index (χ1n) is 6.71. The molecular formula is C16H17NO4S. The molecule has 1 N–H and O–H groups in total. The van der Waals surface area contributed by atoms with Crippen molar-refractivity contribution in [3.05, 3.63) is 51.7 Å². The molecule has 0 atom stereocenters. The number of thiophene rings is 1. The van der Waals surface area contributed by atoms with E-state index in [1.165, 1.54) is 11.3 Å². The van der Waals surface area contributed by atoms with E-state index in [0.717, 1.165) is 16.2 Å². The summed E-state index contributed by atoms with van der Waals surface area (Å²) in [7, 11) is 1.59. The van der Waals surface area contributed by atoms with Gasteiger partial charge in [-0.1, -0.05) is 12.1 Å². The molecule has 0 aliphatic rings. The van der Waals surface area contributed by atoms with E-state index in [4.69, 9.17) is 9.47 Å². The van der Waals surface area contributed by atoms with Gasteiger partial charge in [-0.05, 0) is 36.8 Å². The molecule has 22 heavy (non-hydrogen) atoms. The smallest absolute Gasteiger partial charge is 0.348 e. The van der Waals surface area contributed by atoms with Crippen molar-refractivity contribution in [3.63, 3.8) is 0 Å². The Labute approximate surface area is 132 Å². The Morgan fingerprint density at radius 2 is 2.05 bits per heavy atom. The minimum absolute atomic E-state index is 0.292. The molecule has 116 valence electrons. The fourth-order valence-corrected chi connectivity index (χ4v) is 2.54. The standard InChI is InChI=1S/C16H17NO4S/c1-11-6-7-14(22-11)16(19)21-10-15(18)17-9-12-4-3-5-13(8-12)20-2/h3-8H,9-10H2,1-2H3,(H,17,18). The van der Waals surface area contributed by atoms with Crippen molar-refractivity contribution < 1.29 is 19.1 Å². The monoisotopic (exact) mass is 319 g/mol. The van der Waals surface area contributed by atoms with E-state index in [2.05, 4.69) is 5.32 Å². The first kappa shape index (κ1) is 16.0.